The maximum Gasteiger partial charge on any atom is 0.250 e. The monoisotopic (exact) mass is 569 g/mol. The summed E-state index contributed by atoms with van der Waals surface area (Å²) in [5.41, 5.74) is 0.716. The van der Waals surface area contributed by atoms with Crippen molar-refractivity contribution in [3.8, 4) is 0 Å². The largest absolute Gasteiger partial charge is 0.379 e. The summed E-state index contributed by atoms with van der Waals surface area (Å²) in [5, 5.41) is 2.86. The Balaban J connectivity index is 1.46. The molecule has 1 amide bonds. The minimum atomic E-state index is -0.938. The first-order valence-electron chi connectivity index (χ1n) is 14.7. The maximum absolute atomic E-state index is 13.8. The fourth-order valence-electron chi connectivity index (χ4n) is 5.58. The number of aromatic nitrogens is 1. The number of nitrogens with one attached hydrogen (secondary N) is 1. The number of hydrogen-bond acceptors (Lipinski definition) is 8. The molecule has 2 saturated heterocycles. The Bertz CT molecular complexity index is 1230. The highest BCUT2D eigenvalue weighted by Gasteiger charge is 2.50. The lowest BCUT2D eigenvalue weighted by molar-refractivity contribution is -0.134. The second-order valence-corrected chi connectivity index (χ2v) is 12.0. The molecule has 0 spiro atoms. The number of epoxide rings is 1. The molecule has 2 fully saturated rings. The molecule has 3 heterocycles. The van der Waals surface area contributed by atoms with Crippen molar-refractivity contribution in [2.45, 2.75) is 70.4 Å². The normalized spacial score (nSPS) is 22.9. The molecule has 3 aliphatic rings. The van der Waals surface area contributed by atoms with Crippen molar-refractivity contribution in [2.24, 2.45) is 18.9 Å². The number of aryl methyl sites for hydroxylation is 1. The van der Waals surface area contributed by atoms with Crippen molar-refractivity contribution in [1.29, 1.82) is 0 Å². The number of carbonyl (C=O) groups is 4. The Morgan fingerprint density at radius 3 is 2.49 bits per heavy atom. The fourth-order valence-corrected chi connectivity index (χ4v) is 5.58. The number of ketones is 3. The molecular formula is C31H43N3O7. The molecular weight excluding hydrogens is 526 g/mol. The molecule has 1 aliphatic carbocycles. The Morgan fingerprint density at radius 1 is 1.12 bits per heavy atom. The first-order valence-corrected chi connectivity index (χ1v) is 14.7. The average Bonchev–Trinajstić information content (AvgIpc) is 3.48. The van der Waals surface area contributed by atoms with E-state index in [1.165, 1.54) is 16.2 Å². The Kier molecular flexibility index (Phi) is 10.4. The number of Topliss-reactive ketones (excluding diaryl/α,β-unsaturated/α-hetero) is 3. The van der Waals surface area contributed by atoms with Gasteiger partial charge >= 0.3 is 0 Å². The smallest absolute Gasteiger partial charge is 0.250 e. The van der Waals surface area contributed by atoms with E-state index in [1.807, 2.05) is 4.90 Å². The zero-order valence-electron chi connectivity index (χ0n) is 24.5. The molecule has 224 valence electrons. The van der Waals surface area contributed by atoms with Gasteiger partial charge in [-0.25, -0.2) is 0 Å². The number of nitrogens with zero attached hydrogens (tertiary/aromatic N) is 2. The van der Waals surface area contributed by atoms with Crippen molar-refractivity contribution < 1.29 is 28.7 Å². The van der Waals surface area contributed by atoms with Crippen LogP contribution < -0.4 is 10.9 Å². The van der Waals surface area contributed by atoms with E-state index in [-0.39, 0.29) is 48.7 Å². The predicted molar refractivity (Wildman–Crippen MR) is 152 cm³/mol. The van der Waals surface area contributed by atoms with Crippen LogP contribution in [0.25, 0.3) is 0 Å². The Morgan fingerprint density at radius 2 is 1.85 bits per heavy atom. The van der Waals surface area contributed by atoms with Crippen molar-refractivity contribution in [3.05, 3.63) is 45.9 Å². The number of morpholine rings is 1. The molecule has 1 N–H and O–H groups in total. The van der Waals surface area contributed by atoms with E-state index < -0.39 is 29.4 Å². The Hall–Kier alpha value is -2.95. The summed E-state index contributed by atoms with van der Waals surface area (Å²) >= 11 is 0. The number of rotatable bonds is 15. The quantitative estimate of drug-likeness (QED) is 0.250. The number of amides is 1. The van der Waals surface area contributed by atoms with Crippen LogP contribution in [0.2, 0.25) is 0 Å². The molecule has 1 aromatic rings. The van der Waals surface area contributed by atoms with Crippen molar-refractivity contribution >= 4 is 23.3 Å². The molecule has 1 aromatic heterocycles. The second-order valence-electron chi connectivity index (χ2n) is 12.0. The van der Waals surface area contributed by atoms with Crippen LogP contribution in [0.15, 0.2) is 34.8 Å². The van der Waals surface area contributed by atoms with Crippen LogP contribution in [-0.4, -0.2) is 83.8 Å². The molecule has 4 rings (SSSR count). The number of ether oxygens (including phenoxy) is 2. The van der Waals surface area contributed by atoms with Crippen LogP contribution in [0, 0.1) is 11.8 Å². The van der Waals surface area contributed by atoms with Crippen LogP contribution in [0.4, 0.5) is 0 Å². The van der Waals surface area contributed by atoms with Gasteiger partial charge in [0.2, 0.25) is 5.91 Å². The van der Waals surface area contributed by atoms with Gasteiger partial charge in [-0.05, 0) is 50.7 Å². The lowest BCUT2D eigenvalue weighted by Gasteiger charge is -2.26. The summed E-state index contributed by atoms with van der Waals surface area (Å²) in [5.74, 6) is -1.98. The van der Waals surface area contributed by atoms with E-state index in [2.05, 4.69) is 11.4 Å². The summed E-state index contributed by atoms with van der Waals surface area (Å²) in [6.45, 7) is 6.57. The molecule has 0 aromatic carbocycles. The molecule has 0 saturated carbocycles. The zero-order chi connectivity index (χ0) is 29.6. The molecule has 4 atom stereocenters. The van der Waals surface area contributed by atoms with Crippen LogP contribution >= 0.6 is 0 Å². The first-order chi connectivity index (χ1) is 19.5. The average molecular weight is 570 g/mol. The SMILES string of the molecule is CC(CC(=O)CN1CCOCC1)C(=O)N[C@@H](Cc1ccn(C)c(=O)c1)C(=O)C[C@@H](CC1=CCCC1)C(=O)[C@@]1(C)CO1. The van der Waals surface area contributed by atoms with Crippen LogP contribution in [0.5, 0.6) is 0 Å². The minimum absolute atomic E-state index is 0.0325. The number of hydrogen-bond donors (Lipinski definition) is 1. The summed E-state index contributed by atoms with van der Waals surface area (Å²) in [7, 11) is 1.64. The van der Waals surface area contributed by atoms with E-state index in [9.17, 15) is 24.0 Å². The molecule has 0 bridgehead atoms. The molecule has 1 unspecified atom stereocenters. The van der Waals surface area contributed by atoms with Gasteiger partial charge in [0.1, 0.15) is 11.4 Å². The van der Waals surface area contributed by atoms with E-state index in [0.29, 0.717) is 44.9 Å². The lowest BCUT2D eigenvalue weighted by Crippen LogP contribution is -2.46. The van der Waals surface area contributed by atoms with Gasteiger partial charge in [0, 0.05) is 57.1 Å². The summed E-state index contributed by atoms with van der Waals surface area (Å²) in [6, 6.07) is 2.26. The van der Waals surface area contributed by atoms with Crippen molar-refractivity contribution in [1.82, 2.24) is 14.8 Å². The number of carbonyl (C=O) groups excluding carboxylic acids is 4. The summed E-state index contributed by atoms with van der Waals surface area (Å²) in [6.07, 6.45) is 7.35. The molecule has 0 radical (unpaired) electrons. The van der Waals surface area contributed by atoms with Crippen LogP contribution in [0.3, 0.4) is 0 Å². The highest BCUT2D eigenvalue weighted by Crippen LogP contribution is 2.35. The van der Waals surface area contributed by atoms with Gasteiger partial charge < -0.3 is 19.4 Å². The minimum Gasteiger partial charge on any atom is -0.379 e. The molecule has 41 heavy (non-hydrogen) atoms. The zero-order valence-corrected chi connectivity index (χ0v) is 24.5. The number of pyridine rings is 1. The van der Waals surface area contributed by atoms with Gasteiger partial charge in [0.15, 0.2) is 11.6 Å². The van der Waals surface area contributed by atoms with Crippen molar-refractivity contribution in [2.75, 3.05) is 39.5 Å². The van der Waals surface area contributed by atoms with Crippen LogP contribution in [-0.2, 0) is 42.1 Å². The molecule has 10 heteroatoms. The highest BCUT2D eigenvalue weighted by molar-refractivity contribution is 5.97. The van der Waals surface area contributed by atoms with E-state index in [1.54, 1.807) is 33.2 Å². The maximum atomic E-state index is 13.8. The van der Waals surface area contributed by atoms with Gasteiger partial charge in [-0.1, -0.05) is 18.6 Å². The van der Waals surface area contributed by atoms with E-state index in [0.717, 1.165) is 19.3 Å². The van der Waals surface area contributed by atoms with Crippen LogP contribution in [0.1, 0.15) is 57.9 Å². The third-order valence-corrected chi connectivity index (χ3v) is 8.36. The van der Waals surface area contributed by atoms with Gasteiger partial charge in [0.05, 0.1) is 32.4 Å². The lowest BCUT2D eigenvalue weighted by atomic mass is 9.83. The van der Waals surface area contributed by atoms with Gasteiger partial charge in [-0.3, -0.25) is 28.9 Å². The first kappa shape index (κ1) is 31.0. The Labute approximate surface area is 241 Å². The molecule has 10 nitrogen and oxygen atoms in total. The third-order valence-electron chi connectivity index (χ3n) is 8.36. The van der Waals surface area contributed by atoms with Gasteiger partial charge in [-0.15, -0.1) is 0 Å². The van der Waals surface area contributed by atoms with Gasteiger partial charge in [-0.2, -0.15) is 0 Å². The van der Waals surface area contributed by atoms with Crippen molar-refractivity contribution in [3.63, 3.8) is 0 Å². The third kappa shape index (κ3) is 8.77. The molecule has 2 aliphatic heterocycles. The topological polar surface area (TPSA) is 127 Å². The fraction of sp³-hybridized carbons (Fsp3) is 0.645. The predicted octanol–water partition coefficient (Wildman–Crippen LogP) is 1.77. The van der Waals surface area contributed by atoms with E-state index >= 15 is 0 Å². The second kappa shape index (κ2) is 13.8. The summed E-state index contributed by atoms with van der Waals surface area (Å²) in [4.78, 5) is 67.3. The number of allylic oxidation sites excluding steroid dienone is 2. The highest BCUT2D eigenvalue weighted by atomic mass is 16.6. The van der Waals surface area contributed by atoms with E-state index in [4.69, 9.17) is 9.47 Å². The summed E-state index contributed by atoms with van der Waals surface area (Å²) < 4.78 is 12.2. The standard InChI is InChI=1S/C31H43N3O7/c1-21(14-25(35)19-34-10-12-40-13-11-34)30(39)32-26(16-23-8-9-33(3)28(37)17-23)27(36)18-24(15-22-6-4-5-7-22)29(38)31(2)20-41-31/h6,8-9,17,21,24,26H,4-5,7,10-16,18-20H2,1-3H3,(H,32,39)/t21?,24-,26+,31-/m1/s1. The van der Waals surface area contributed by atoms with Gasteiger partial charge in [0.25, 0.3) is 5.56 Å².